The molecule has 1 aromatic heterocycles. The number of hydrogen-bond acceptors (Lipinski definition) is 3. The van der Waals surface area contributed by atoms with E-state index in [-0.39, 0.29) is 0 Å². The Morgan fingerprint density at radius 2 is 2.12 bits per heavy atom. The summed E-state index contributed by atoms with van der Waals surface area (Å²) in [6.07, 6.45) is 6.93. The highest BCUT2D eigenvalue weighted by atomic mass is 15.2. The van der Waals surface area contributed by atoms with Crippen LogP contribution in [0.3, 0.4) is 0 Å². The predicted octanol–water partition coefficient (Wildman–Crippen LogP) is 2.50. The molecule has 96 valence electrons. The van der Waals surface area contributed by atoms with E-state index in [4.69, 9.17) is 0 Å². The molecular formula is C13H24N4. The molecule has 0 amide bonds. The summed E-state index contributed by atoms with van der Waals surface area (Å²) < 4.78 is 0. The summed E-state index contributed by atoms with van der Waals surface area (Å²) in [5, 5.41) is 10.4. The SMILES string of the molecule is CC(C)(C)C1CCCCC1NCc1ncn[nH]1. The number of rotatable bonds is 3. The fourth-order valence-electron chi connectivity index (χ4n) is 2.96. The van der Waals surface area contributed by atoms with Gasteiger partial charge in [0.25, 0.3) is 0 Å². The zero-order chi connectivity index (χ0) is 12.3. The fraction of sp³-hybridized carbons (Fsp3) is 0.846. The van der Waals surface area contributed by atoms with Crippen LogP contribution in [0.1, 0.15) is 52.3 Å². The minimum Gasteiger partial charge on any atom is -0.307 e. The van der Waals surface area contributed by atoms with Crippen LogP contribution in [0, 0.1) is 11.3 Å². The van der Waals surface area contributed by atoms with Crippen molar-refractivity contribution < 1.29 is 0 Å². The summed E-state index contributed by atoms with van der Waals surface area (Å²) in [4.78, 5) is 4.16. The molecule has 4 heteroatoms. The zero-order valence-electron chi connectivity index (χ0n) is 11.2. The lowest BCUT2D eigenvalue weighted by molar-refractivity contribution is 0.129. The summed E-state index contributed by atoms with van der Waals surface area (Å²) in [6, 6.07) is 0.619. The van der Waals surface area contributed by atoms with Gasteiger partial charge in [-0.25, -0.2) is 4.98 Å². The molecule has 2 unspecified atom stereocenters. The monoisotopic (exact) mass is 236 g/mol. The quantitative estimate of drug-likeness (QED) is 0.848. The van der Waals surface area contributed by atoms with Crippen molar-refractivity contribution in [2.45, 2.75) is 59.0 Å². The van der Waals surface area contributed by atoms with E-state index >= 15 is 0 Å². The Labute approximate surface area is 104 Å². The molecule has 17 heavy (non-hydrogen) atoms. The lowest BCUT2D eigenvalue weighted by Gasteiger charge is -2.40. The second-order valence-electron chi connectivity index (χ2n) is 6.18. The highest BCUT2D eigenvalue weighted by Gasteiger charge is 2.33. The maximum atomic E-state index is 4.16. The number of aromatic nitrogens is 3. The molecule has 1 aliphatic carbocycles. The van der Waals surface area contributed by atoms with Gasteiger partial charge in [-0.3, -0.25) is 5.10 Å². The molecule has 2 N–H and O–H groups in total. The van der Waals surface area contributed by atoms with E-state index in [1.165, 1.54) is 25.7 Å². The molecule has 0 radical (unpaired) electrons. The number of nitrogens with zero attached hydrogens (tertiary/aromatic N) is 2. The van der Waals surface area contributed by atoms with Gasteiger partial charge < -0.3 is 5.32 Å². The third kappa shape index (κ3) is 3.28. The van der Waals surface area contributed by atoms with Gasteiger partial charge in [-0.15, -0.1) is 0 Å². The first kappa shape index (κ1) is 12.6. The van der Waals surface area contributed by atoms with Gasteiger partial charge in [0.2, 0.25) is 0 Å². The molecule has 0 saturated heterocycles. The highest BCUT2D eigenvalue weighted by Crippen LogP contribution is 2.37. The maximum absolute atomic E-state index is 4.16. The maximum Gasteiger partial charge on any atom is 0.138 e. The Hall–Kier alpha value is -0.900. The second-order valence-corrected chi connectivity index (χ2v) is 6.18. The number of hydrogen-bond donors (Lipinski definition) is 2. The number of H-pyrrole nitrogens is 1. The van der Waals surface area contributed by atoms with E-state index in [1.54, 1.807) is 6.33 Å². The molecule has 2 rings (SSSR count). The second kappa shape index (κ2) is 5.17. The van der Waals surface area contributed by atoms with E-state index in [9.17, 15) is 0 Å². The molecule has 1 aliphatic rings. The van der Waals surface area contributed by atoms with Crippen LogP contribution in [-0.2, 0) is 6.54 Å². The van der Waals surface area contributed by atoms with E-state index in [2.05, 4.69) is 41.3 Å². The Balaban J connectivity index is 1.92. The third-order valence-electron chi connectivity index (χ3n) is 3.87. The summed E-state index contributed by atoms with van der Waals surface area (Å²) >= 11 is 0. The van der Waals surface area contributed by atoms with Gasteiger partial charge in [-0.2, -0.15) is 5.10 Å². The van der Waals surface area contributed by atoms with Crippen LogP contribution in [-0.4, -0.2) is 21.2 Å². The predicted molar refractivity (Wildman–Crippen MR) is 68.4 cm³/mol. The van der Waals surface area contributed by atoms with Gasteiger partial charge in [0.15, 0.2) is 0 Å². The Bertz CT molecular complexity index is 326. The van der Waals surface area contributed by atoms with E-state index in [0.717, 1.165) is 18.3 Å². The molecule has 1 heterocycles. The van der Waals surface area contributed by atoms with Crippen LogP contribution in [0.5, 0.6) is 0 Å². The first-order chi connectivity index (χ1) is 8.07. The summed E-state index contributed by atoms with van der Waals surface area (Å²) in [7, 11) is 0. The van der Waals surface area contributed by atoms with Gasteiger partial charge in [0.1, 0.15) is 12.2 Å². The minimum atomic E-state index is 0.388. The van der Waals surface area contributed by atoms with Crippen molar-refractivity contribution in [3.05, 3.63) is 12.2 Å². The standard InChI is InChI=1S/C13H24N4/c1-13(2,3)10-6-4-5-7-11(10)14-8-12-15-9-16-17-12/h9-11,14H,4-8H2,1-3H3,(H,15,16,17). The van der Waals surface area contributed by atoms with Crippen LogP contribution in [0.15, 0.2) is 6.33 Å². The van der Waals surface area contributed by atoms with Gasteiger partial charge in [-0.1, -0.05) is 33.6 Å². The molecule has 1 aromatic rings. The molecule has 0 bridgehead atoms. The van der Waals surface area contributed by atoms with Crippen LogP contribution < -0.4 is 5.32 Å². The largest absolute Gasteiger partial charge is 0.307 e. The average molecular weight is 236 g/mol. The smallest absolute Gasteiger partial charge is 0.138 e. The summed E-state index contributed by atoms with van der Waals surface area (Å²) in [6.45, 7) is 7.86. The van der Waals surface area contributed by atoms with Crippen LogP contribution in [0.4, 0.5) is 0 Å². The van der Waals surface area contributed by atoms with Crippen molar-refractivity contribution in [3.8, 4) is 0 Å². The Morgan fingerprint density at radius 1 is 1.35 bits per heavy atom. The average Bonchev–Trinajstić information content (AvgIpc) is 2.78. The van der Waals surface area contributed by atoms with Gasteiger partial charge in [-0.05, 0) is 24.2 Å². The van der Waals surface area contributed by atoms with Gasteiger partial charge in [0, 0.05) is 6.04 Å². The van der Waals surface area contributed by atoms with E-state index in [0.29, 0.717) is 11.5 Å². The first-order valence-corrected chi connectivity index (χ1v) is 6.65. The topological polar surface area (TPSA) is 53.6 Å². The van der Waals surface area contributed by atoms with Crippen LogP contribution in [0.25, 0.3) is 0 Å². The van der Waals surface area contributed by atoms with Crippen molar-refractivity contribution in [2.24, 2.45) is 11.3 Å². The molecule has 0 aliphatic heterocycles. The zero-order valence-corrected chi connectivity index (χ0v) is 11.2. The van der Waals surface area contributed by atoms with Crippen LogP contribution in [0.2, 0.25) is 0 Å². The van der Waals surface area contributed by atoms with Gasteiger partial charge in [0.05, 0.1) is 6.54 Å². The van der Waals surface area contributed by atoms with Crippen molar-refractivity contribution >= 4 is 0 Å². The van der Waals surface area contributed by atoms with Gasteiger partial charge >= 0.3 is 0 Å². The molecule has 1 saturated carbocycles. The molecule has 1 fully saturated rings. The van der Waals surface area contributed by atoms with Crippen molar-refractivity contribution in [2.75, 3.05) is 0 Å². The normalized spacial score (nSPS) is 26.1. The summed E-state index contributed by atoms with van der Waals surface area (Å²) in [5.41, 5.74) is 0.388. The van der Waals surface area contributed by atoms with E-state index < -0.39 is 0 Å². The van der Waals surface area contributed by atoms with Crippen molar-refractivity contribution in [1.29, 1.82) is 0 Å². The number of aromatic amines is 1. The lowest BCUT2D eigenvalue weighted by atomic mass is 9.69. The third-order valence-corrected chi connectivity index (χ3v) is 3.87. The Morgan fingerprint density at radius 3 is 2.76 bits per heavy atom. The summed E-state index contributed by atoms with van der Waals surface area (Å²) in [5.74, 6) is 1.70. The number of nitrogens with one attached hydrogen (secondary N) is 2. The van der Waals surface area contributed by atoms with Crippen LogP contribution >= 0.6 is 0 Å². The molecule has 0 aromatic carbocycles. The molecule has 0 spiro atoms. The minimum absolute atomic E-state index is 0.388. The lowest BCUT2D eigenvalue weighted by Crippen LogP contribution is -2.44. The molecule has 4 nitrogen and oxygen atoms in total. The van der Waals surface area contributed by atoms with Crippen molar-refractivity contribution in [3.63, 3.8) is 0 Å². The molecule has 2 atom stereocenters. The first-order valence-electron chi connectivity index (χ1n) is 6.65. The Kier molecular flexibility index (Phi) is 3.82. The van der Waals surface area contributed by atoms with E-state index in [1.807, 2.05) is 0 Å². The fourth-order valence-corrected chi connectivity index (χ4v) is 2.96. The van der Waals surface area contributed by atoms with Crippen molar-refractivity contribution in [1.82, 2.24) is 20.5 Å². The molecular weight excluding hydrogens is 212 g/mol. The highest BCUT2D eigenvalue weighted by molar-refractivity contribution is 4.90.